The molecule has 3 aliphatic rings. The summed E-state index contributed by atoms with van der Waals surface area (Å²) in [5.74, 6) is -1.26. The van der Waals surface area contributed by atoms with Gasteiger partial charge in [0.2, 0.25) is 0 Å². The first-order chi connectivity index (χ1) is 8.27. The number of carbonyl (C=O) groups excluding carboxylic acids is 2. The Morgan fingerprint density at radius 1 is 1.00 bits per heavy atom. The molecule has 2 bridgehead atoms. The van der Waals surface area contributed by atoms with Crippen molar-refractivity contribution in [2.24, 2.45) is 11.8 Å². The lowest BCUT2D eigenvalue weighted by molar-refractivity contribution is -0.127. The molecule has 4 rings (SSSR count). The van der Waals surface area contributed by atoms with Gasteiger partial charge in [-0.1, -0.05) is 12.2 Å². The predicted molar refractivity (Wildman–Crippen MR) is 53.0 cm³/mol. The zero-order valence-electron chi connectivity index (χ0n) is 8.63. The number of hydrogen-bond donors (Lipinski definition) is 0. The quantitative estimate of drug-likeness (QED) is 0.451. The van der Waals surface area contributed by atoms with E-state index in [-0.39, 0.29) is 35.9 Å². The predicted octanol–water partition coefficient (Wildman–Crippen LogP) is -1.15. The van der Waals surface area contributed by atoms with E-state index in [1.165, 1.54) is 17.3 Å². The summed E-state index contributed by atoms with van der Waals surface area (Å²) in [5.41, 5.74) is 0. The Morgan fingerprint density at radius 2 is 1.53 bits per heavy atom. The molecule has 0 spiro atoms. The Morgan fingerprint density at radius 3 is 2.06 bits per heavy atom. The molecule has 0 aliphatic carbocycles. The topological polar surface area (TPSA) is 77.3 Å². The lowest BCUT2D eigenvalue weighted by atomic mass is 9.85. The number of rotatable bonds is 1. The Kier molecular flexibility index (Phi) is 1.49. The molecule has 4 atom stereocenters. The van der Waals surface area contributed by atoms with Crippen molar-refractivity contribution in [3.63, 3.8) is 0 Å². The molecule has 17 heavy (non-hydrogen) atoms. The molecule has 2 amide bonds. The Balaban J connectivity index is 1.79. The van der Waals surface area contributed by atoms with Gasteiger partial charge in [0, 0.05) is 0 Å². The maximum atomic E-state index is 12.2. The van der Waals surface area contributed by atoms with E-state index < -0.39 is 0 Å². The van der Waals surface area contributed by atoms with Crippen LogP contribution in [0.2, 0.25) is 0 Å². The number of hydrogen-bond acceptors (Lipinski definition) is 5. The van der Waals surface area contributed by atoms with Crippen LogP contribution in [0.5, 0.6) is 0 Å². The third-order valence-corrected chi connectivity index (χ3v) is 3.52. The average Bonchev–Trinajstić information content (AvgIpc) is 3.03. The molecule has 0 radical (unpaired) electrons. The molecule has 0 saturated carbocycles. The second-order valence-corrected chi connectivity index (χ2v) is 4.33. The molecular formula is C10H8N4O3. The fourth-order valence-electron chi connectivity index (χ4n) is 2.81. The van der Waals surface area contributed by atoms with E-state index >= 15 is 0 Å². The number of nitrogens with zero attached hydrogens (tertiary/aromatic N) is 4. The molecule has 3 aliphatic heterocycles. The van der Waals surface area contributed by atoms with Gasteiger partial charge in [-0.05, 0) is 0 Å². The number of imide groups is 1. The van der Waals surface area contributed by atoms with Crippen LogP contribution in [0.15, 0.2) is 24.8 Å². The number of ether oxygens (including phenoxy) is 1. The Labute approximate surface area is 95.6 Å². The van der Waals surface area contributed by atoms with Crippen molar-refractivity contribution in [1.29, 1.82) is 0 Å². The van der Waals surface area contributed by atoms with Gasteiger partial charge in [-0.25, -0.2) is 4.68 Å². The van der Waals surface area contributed by atoms with Crippen molar-refractivity contribution in [2.75, 3.05) is 5.01 Å². The highest BCUT2D eigenvalue weighted by atomic mass is 16.5. The van der Waals surface area contributed by atoms with Crippen molar-refractivity contribution < 1.29 is 14.3 Å². The highest BCUT2D eigenvalue weighted by molar-refractivity contribution is 6.17. The molecule has 1 aromatic heterocycles. The third-order valence-electron chi connectivity index (χ3n) is 3.52. The highest BCUT2D eigenvalue weighted by Gasteiger charge is 2.61. The van der Waals surface area contributed by atoms with E-state index in [9.17, 15) is 9.59 Å². The van der Waals surface area contributed by atoms with Gasteiger partial charge in [-0.2, -0.15) is 5.01 Å². The van der Waals surface area contributed by atoms with Crippen LogP contribution in [0.1, 0.15) is 0 Å². The first kappa shape index (κ1) is 9.06. The summed E-state index contributed by atoms with van der Waals surface area (Å²) in [7, 11) is 0. The second kappa shape index (κ2) is 2.80. The largest absolute Gasteiger partial charge is 0.365 e. The minimum absolute atomic E-state index is 0.239. The van der Waals surface area contributed by atoms with E-state index in [4.69, 9.17) is 4.74 Å². The van der Waals surface area contributed by atoms with Crippen LogP contribution in [-0.2, 0) is 14.3 Å². The van der Waals surface area contributed by atoms with Crippen LogP contribution in [0, 0.1) is 11.8 Å². The molecular weight excluding hydrogens is 224 g/mol. The summed E-state index contributed by atoms with van der Waals surface area (Å²) in [5, 5.41) is 8.31. The SMILES string of the molecule is O=C1[C@H]2[C@H](C(=O)N1n1cnnc1)[C@H]1C=C[C@H]2O1. The summed E-state index contributed by atoms with van der Waals surface area (Å²) >= 11 is 0. The second-order valence-electron chi connectivity index (χ2n) is 4.33. The van der Waals surface area contributed by atoms with Crippen LogP contribution < -0.4 is 5.01 Å². The van der Waals surface area contributed by atoms with Crippen molar-refractivity contribution in [2.45, 2.75) is 12.2 Å². The number of fused-ring (bicyclic) bond motifs is 5. The summed E-state index contributed by atoms with van der Waals surface area (Å²) in [6.07, 6.45) is 5.87. The van der Waals surface area contributed by atoms with E-state index in [2.05, 4.69) is 10.2 Å². The molecule has 7 nitrogen and oxygen atoms in total. The molecule has 2 saturated heterocycles. The molecule has 86 valence electrons. The maximum absolute atomic E-state index is 12.2. The fourth-order valence-corrected chi connectivity index (χ4v) is 2.81. The molecule has 0 unspecified atom stereocenters. The minimum Gasteiger partial charge on any atom is -0.365 e. The van der Waals surface area contributed by atoms with Crippen molar-refractivity contribution >= 4 is 11.8 Å². The molecule has 1 aromatic rings. The Bertz CT molecular complexity index is 508. The third kappa shape index (κ3) is 0.949. The summed E-state index contributed by atoms with van der Waals surface area (Å²) < 4.78 is 6.85. The van der Waals surface area contributed by atoms with Gasteiger partial charge >= 0.3 is 0 Å². The van der Waals surface area contributed by atoms with Gasteiger partial charge in [-0.3, -0.25) is 9.59 Å². The van der Waals surface area contributed by atoms with Crippen LogP contribution in [0.25, 0.3) is 0 Å². The van der Waals surface area contributed by atoms with Gasteiger partial charge in [0.05, 0.1) is 24.0 Å². The van der Waals surface area contributed by atoms with Gasteiger partial charge in [0.1, 0.15) is 12.7 Å². The van der Waals surface area contributed by atoms with Gasteiger partial charge in [0.15, 0.2) is 0 Å². The van der Waals surface area contributed by atoms with Crippen molar-refractivity contribution in [1.82, 2.24) is 14.9 Å². The first-order valence-corrected chi connectivity index (χ1v) is 5.34. The number of amides is 2. The van der Waals surface area contributed by atoms with Crippen LogP contribution in [-0.4, -0.2) is 38.9 Å². The number of carbonyl (C=O) groups is 2. The lowest BCUT2D eigenvalue weighted by Gasteiger charge is -2.16. The minimum atomic E-state index is -0.389. The van der Waals surface area contributed by atoms with Crippen LogP contribution in [0.3, 0.4) is 0 Å². The fraction of sp³-hybridized carbons (Fsp3) is 0.400. The maximum Gasteiger partial charge on any atom is 0.255 e. The molecule has 0 aromatic carbocycles. The van der Waals surface area contributed by atoms with Crippen LogP contribution in [0.4, 0.5) is 0 Å². The van der Waals surface area contributed by atoms with E-state index in [1.807, 2.05) is 12.2 Å². The van der Waals surface area contributed by atoms with E-state index in [1.54, 1.807) is 0 Å². The van der Waals surface area contributed by atoms with Crippen molar-refractivity contribution in [3.05, 3.63) is 24.8 Å². The lowest BCUT2D eigenvalue weighted by Crippen LogP contribution is -2.42. The van der Waals surface area contributed by atoms with Crippen molar-refractivity contribution in [3.8, 4) is 0 Å². The zero-order valence-corrected chi connectivity index (χ0v) is 8.63. The zero-order chi connectivity index (χ0) is 11.6. The average molecular weight is 232 g/mol. The summed E-state index contributed by atoms with van der Waals surface area (Å²) in [6, 6.07) is 0. The van der Waals surface area contributed by atoms with Gasteiger partial charge in [0.25, 0.3) is 11.8 Å². The normalized spacial score (nSPS) is 38.2. The highest BCUT2D eigenvalue weighted by Crippen LogP contribution is 2.44. The summed E-state index contributed by atoms with van der Waals surface area (Å²) in [6.45, 7) is 0. The Hall–Kier alpha value is -2.02. The molecule has 4 heterocycles. The summed E-state index contributed by atoms with van der Waals surface area (Å²) in [4.78, 5) is 24.4. The molecule has 7 heteroatoms. The van der Waals surface area contributed by atoms with E-state index in [0.29, 0.717) is 0 Å². The van der Waals surface area contributed by atoms with Crippen LogP contribution >= 0.6 is 0 Å². The van der Waals surface area contributed by atoms with Gasteiger partial charge in [-0.15, -0.1) is 10.2 Å². The van der Waals surface area contributed by atoms with Gasteiger partial charge < -0.3 is 4.74 Å². The standard InChI is InChI=1S/C10H8N4O3/c15-9-7-5-1-2-6(17-5)8(7)10(16)14(9)13-3-11-12-4-13/h1-8H/t5-,6-,7-,8-/m1/s1. The first-order valence-electron chi connectivity index (χ1n) is 5.34. The van der Waals surface area contributed by atoms with E-state index in [0.717, 1.165) is 5.01 Å². The molecule has 0 N–H and O–H groups in total. The smallest absolute Gasteiger partial charge is 0.255 e. The molecule has 2 fully saturated rings. The monoisotopic (exact) mass is 232 g/mol. The number of aromatic nitrogens is 3.